The zero-order valence-electron chi connectivity index (χ0n) is 16.6. The van der Waals surface area contributed by atoms with Crippen molar-refractivity contribution in [2.75, 3.05) is 13.6 Å². The van der Waals surface area contributed by atoms with Crippen molar-refractivity contribution in [2.24, 2.45) is 0 Å². The van der Waals surface area contributed by atoms with Crippen molar-refractivity contribution in [2.45, 2.75) is 6.92 Å². The first kappa shape index (κ1) is 22.4. The summed E-state index contributed by atoms with van der Waals surface area (Å²) in [5.74, 6) is -0.753. The zero-order chi connectivity index (χ0) is 22.1. The number of ketones is 2. The molecule has 3 aromatic rings. The quantitative estimate of drug-likeness (QED) is 0.329. The smallest absolute Gasteiger partial charge is 0.263 e. The van der Waals surface area contributed by atoms with Crippen LogP contribution in [0.4, 0.5) is 0 Å². The number of fused-ring (bicyclic) bond motifs is 1. The van der Waals surface area contributed by atoms with Gasteiger partial charge in [0.2, 0.25) is 0 Å². The van der Waals surface area contributed by atoms with E-state index in [4.69, 9.17) is 0 Å². The number of H-pyrrole nitrogens is 1. The molecule has 0 unspecified atom stereocenters. The van der Waals surface area contributed by atoms with Crippen LogP contribution < -0.4 is 10.9 Å². The number of benzene rings is 2. The van der Waals surface area contributed by atoms with Gasteiger partial charge in [-0.15, -0.1) is 0 Å². The fraction of sp³-hybridized carbons (Fsp3) is 0.130. The van der Waals surface area contributed by atoms with Gasteiger partial charge in [-0.1, -0.05) is 42.5 Å². The van der Waals surface area contributed by atoms with Gasteiger partial charge in [-0.05, 0) is 37.7 Å². The van der Waals surface area contributed by atoms with Crippen LogP contribution in [0.2, 0.25) is 0 Å². The maximum Gasteiger partial charge on any atom is 0.263 e. The summed E-state index contributed by atoms with van der Waals surface area (Å²) >= 11 is 0. The van der Waals surface area contributed by atoms with Crippen LogP contribution in [0.3, 0.4) is 0 Å². The van der Waals surface area contributed by atoms with Crippen LogP contribution in [-0.4, -0.2) is 41.5 Å². The van der Waals surface area contributed by atoms with Crippen molar-refractivity contribution in [3.63, 3.8) is 0 Å². The molecule has 0 saturated heterocycles. The summed E-state index contributed by atoms with van der Waals surface area (Å²) in [7, 11) is 1.75. The molecule has 154 valence electrons. The molecule has 0 spiro atoms. The van der Waals surface area contributed by atoms with Gasteiger partial charge in [0, 0.05) is 10.9 Å². The van der Waals surface area contributed by atoms with Crippen LogP contribution in [0.5, 0.6) is 5.75 Å². The number of likely N-dealkylation sites (N-methyl/N-ethyl adjacent to an activating group) is 1. The number of rotatable bonds is 6. The van der Waals surface area contributed by atoms with E-state index in [9.17, 15) is 24.3 Å². The summed E-state index contributed by atoms with van der Waals surface area (Å²) in [4.78, 5) is 47.6. The number of carbonyl (C=O) groups is 3. The maximum atomic E-state index is 12.3. The van der Waals surface area contributed by atoms with E-state index in [-0.39, 0.29) is 17.1 Å². The second-order valence-corrected chi connectivity index (χ2v) is 6.44. The van der Waals surface area contributed by atoms with Crippen molar-refractivity contribution in [3.05, 3.63) is 81.7 Å². The van der Waals surface area contributed by atoms with E-state index in [1.54, 1.807) is 62.5 Å². The third kappa shape index (κ3) is 5.83. The topological polar surface area (TPSA) is 116 Å². The van der Waals surface area contributed by atoms with E-state index in [0.29, 0.717) is 28.6 Å². The first-order valence-corrected chi connectivity index (χ1v) is 9.13. The van der Waals surface area contributed by atoms with Gasteiger partial charge in [0.05, 0.1) is 12.1 Å². The molecule has 1 heterocycles. The maximum absolute atomic E-state index is 12.3. The summed E-state index contributed by atoms with van der Waals surface area (Å²) in [5.41, 5.74) is 0.754. The van der Waals surface area contributed by atoms with E-state index in [0.717, 1.165) is 6.29 Å². The molecule has 0 saturated carbocycles. The molecular formula is C23H22N2O5. The van der Waals surface area contributed by atoms with Crippen molar-refractivity contribution >= 4 is 34.8 Å². The van der Waals surface area contributed by atoms with Gasteiger partial charge in [0.25, 0.3) is 5.56 Å². The van der Waals surface area contributed by atoms with Crippen molar-refractivity contribution in [1.29, 1.82) is 0 Å². The second kappa shape index (κ2) is 10.6. The monoisotopic (exact) mass is 406 g/mol. The van der Waals surface area contributed by atoms with Gasteiger partial charge in [0.15, 0.2) is 5.78 Å². The van der Waals surface area contributed by atoms with E-state index >= 15 is 0 Å². The van der Waals surface area contributed by atoms with Crippen molar-refractivity contribution in [3.8, 4) is 5.75 Å². The Labute approximate surface area is 173 Å². The molecule has 1 aromatic heterocycles. The number of para-hydroxylation sites is 1. The summed E-state index contributed by atoms with van der Waals surface area (Å²) in [6, 6.07) is 13.3. The molecule has 0 bridgehead atoms. The molecule has 0 aliphatic heterocycles. The number of hydrogen-bond acceptors (Lipinski definition) is 6. The number of aldehydes is 1. The van der Waals surface area contributed by atoms with Gasteiger partial charge in [-0.3, -0.25) is 19.2 Å². The molecule has 0 amide bonds. The molecule has 3 N–H and O–H groups in total. The van der Waals surface area contributed by atoms with Crippen LogP contribution in [0, 0.1) is 0 Å². The van der Waals surface area contributed by atoms with Crippen LogP contribution >= 0.6 is 0 Å². The highest BCUT2D eigenvalue weighted by Crippen LogP contribution is 2.25. The highest BCUT2D eigenvalue weighted by Gasteiger charge is 2.16. The number of hydrogen-bond donors (Lipinski definition) is 3. The van der Waals surface area contributed by atoms with Crippen LogP contribution in [0.15, 0.2) is 59.4 Å². The Bertz CT molecular complexity index is 1140. The third-order valence-electron chi connectivity index (χ3n) is 4.07. The number of carbonyl (C=O) groups excluding carboxylic acids is 3. The van der Waals surface area contributed by atoms with Crippen molar-refractivity contribution in [1.82, 2.24) is 10.3 Å². The zero-order valence-corrected chi connectivity index (χ0v) is 16.6. The molecule has 0 aliphatic rings. The molecule has 3 rings (SSSR count). The summed E-state index contributed by atoms with van der Waals surface area (Å²) in [5, 5.41) is 13.4. The molecule has 2 aromatic carbocycles. The van der Waals surface area contributed by atoms with Crippen LogP contribution in [-0.2, 0) is 4.79 Å². The third-order valence-corrected chi connectivity index (χ3v) is 4.07. The van der Waals surface area contributed by atoms with E-state index in [1.807, 2.05) is 0 Å². The predicted molar refractivity (Wildman–Crippen MR) is 116 cm³/mol. The lowest BCUT2D eigenvalue weighted by Gasteiger charge is -2.04. The second-order valence-electron chi connectivity index (χ2n) is 6.44. The van der Waals surface area contributed by atoms with E-state index < -0.39 is 11.3 Å². The Morgan fingerprint density at radius 3 is 2.27 bits per heavy atom. The standard InChI is InChI=1S/C19H13NO4.C4H9NO/c21-11-13-7-5-12(6-8-13)9-10-16(22)17-18(23)14-3-1-2-4-15(14)20-19(17)24;1-4(6)3-5-2/h1-11H,(H2,20,23,24);5H,3H2,1-2H3/b10-9+;. The number of aromatic amines is 1. The summed E-state index contributed by atoms with van der Waals surface area (Å²) in [6.07, 6.45) is 3.46. The van der Waals surface area contributed by atoms with E-state index in [2.05, 4.69) is 10.3 Å². The molecular weight excluding hydrogens is 384 g/mol. The molecule has 0 aliphatic carbocycles. The summed E-state index contributed by atoms with van der Waals surface area (Å²) < 4.78 is 0. The number of pyridine rings is 1. The van der Waals surface area contributed by atoms with Gasteiger partial charge in [-0.25, -0.2) is 0 Å². The fourth-order valence-corrected chi connectivity index (χ4v) is 2.64. The number of aromatic hydroxyl groups is 1. The minimum absolute atomic E-state index is 0.178. The highest BCUT2D eigenvalue weighted by atomic mass is 16.3. The van der Waals surface area contributed by atoms with Gasteiger partial charge in [-0.2, -0.15) is 0 Å². The number of nitrogens with one attached hydrogen (secondary N) is 2. The molecule has 0 atom stereocenters. The van der Waals surface area contributed by atoms with Crippen molar-refractivity contribution < 1.29 is 19.5 Å². The molecule has 7 heteroatoms. The lowest BCUT2D eigenvalue weighted by atomic mass is 10.1. The first-order chi connectivity index (χ1) is 14.4. The SMILES string of the molecule is CNCC(C)=O.O=Cc1ccc(/C=C/C(=O)c2c(O)c3ccccc3[nH]c2=O)cc1. The molecule has 0 radical (unpaired) electrons. The Kier molecular flexibility index (Phi) is 7.96. The molecule has 7 nitrogen and oxygen atoms in total. The first-order valence-electron chi connectivity index (χ1n) is 9.13. The minimum Gasteiger partial charge on any atom is -0.506 e. The normalized spacial score (nSPS) is 10.5. The number of Topliss-reactive ketones (excluding diaryl/α,β-unsaturated/α-hetero) is 1. The fourth-order valence-electron chi connectivity index (χ4n) is 2.64. The van der Waals surface area contributed by atoms with Crippen LogP contribution in [0.1, 0.15) is 33.2 Å². The molecule has 0 fully saturated rings. The highest BCUT2D eigenvalue weighted by molar-refractivity contribution is 6.11. The largest absolute Gasteiger partial charge is 0.506 e. The Hall–Kier alpha value is -3.84. The number of allylic oxidation sites excluding steroid dienone is 1. The minimum atomic E-state index is -0.642. The van der Waals surface area contributed by atoms with Gasteiger partial charge < -0.3 is 15.4 Å². The lowest BCUT2D eigenvalue weighted by Crippen LogP contribution is -2.16. The average molecular weight is 406 g/mol. The van der Waals surface area contributed by atoms with Gasteiger partial charge in [0.1, 0.15) is 23.4 Å². The van der Waals surface area contributed by atoms with E-state index in [1.165, 1.54) is 12.2 Å². The Morgan fingerprint density at radius 2 is 1.70 bits per heavy atom. The summed E-state index contributed by atoms with van der Waals surface area (Å²) in [6.45, 7) is 2.04. The predicted octanol–water partition coefficient (Wildman–Crippen LogP) is 2.74. The van der Waals surface area contributed by atoms with Crippen LogP contribution in [0.25, 0.3) is 17.0 Å². The Morgan fingerprint density at radius 1 is 1.07 bits per heavy atom. The molecule has 30 heavy (non-hydrogen) atoms. The average Bonchev–Trinajstić information content (AvgIpc) is 2.73. The Balaban J connectivity index is 0.000000469. The number of aromatic nitrogens is 1. The van der Waals surface area contributed by atoms with Gasteiger partial charge >= 0.3 is 0 Å². The lowest BCUT2D eigenvalue weighted by molar-refractivity contribution is -0.116.